The van der Waals surface area contributed by atoms with Crippen molar-refractivity contribution in [1.82, 2.24) is 9.13 Å². The molecule has 1 aliphatic rings. The summed E-state index contributed by atoms with van der Waals surface area (Å²) in [7, 11) is 0. The average Bonchev–Trinajstić information content (AvgIpc) is 3.12. The summed E-state index contributed by atoms with van der Waals surface area (Å²) in [6.07, 6.45) is -6.32. The van der Waals surface area contributed by atoms with Crippen LogP contribution in [-0.4, -0.2) is 44.1 Å². The minimum atomic E-state index is -5.15. The van der Waals surface area contributed by atoms with Crippen LogP contribution in [0.4, 0.5) is 13.2 Å². The summed E-state index contributed by atoms with van der Waals surface area (Å²) in [6.45, 7) is 1.39. The van der Waals surface area contributed by atoms with Crippen LogP contribution in [0.5, 0.6) is 0 Å². The number of halogens is 3. The van der Waals surface area contributed by atoms with Gasteiger partial charge < -0.3 is 14.9 Å². The van der Waals surface area contributed by atoms with Crippen LogP contribution in [-0.2, 0) is 17.3 Å². The molecule has 32 heavy (non-hydrogen) atoms. The number of carbonyl (C=O) groups excluding carboxylic acids is 1. The van der Waals surface area contributed by atoms with Gasteiger partial charge in [0.25, 0.3) is 11.5 Å². The molecule has 2 aromatic rings. The third kappa shape index (κ3) is 4.69. The molecule has 0 saturated carbocycles. The Morgan fingerprint density at radius 3 is 2.41 bits per heavy atom. The highest BCUT2D eigenvalue weighted by molar-refractivity contribution is 5.95. The maximum Gasteiger partial charge on any atom is 0.423 e. The van der Waals surface area contributed by atoms with Gasteiger partial charge in [0.1, 0.15) is 17.9 Å². The predicted octanol–water partition coefficient (Wildman–Crippen LogP) is 1.70. The number of unbranched alkanes of at least 4 members (excludes halogenated alkanes) is 1. The van der Waals surface area contributed by atoms with Crippen LogP contribution in [0.1, 0.15) is 53.9 Å². The summed E-state index contributed by atoms with van der Waals surface area (Å²) >= 11 is 0. The van der Waals surface area contributed by atoms with Gasteiger partial charge in [0.15, 0.2) is 0 Å². The summed E-state index contributed by atoms with van der Waals surface area (Å²) in [5.41, 5.74) is -4.08. The summed E-state index contributed by atoms with van der Waals surface area (Å²) < 4.78 is 46.2. The summed E-state index contributed by atoms with van der Waals surface area (Å²) in [5, 5.41) is 19.1. The Morgan fingerprint density at radius 1 is 1.22 bits per heavy atom. The predicted molar refractivity (Wildman–Crippen MR) is 106 cm³/mol. The number of aliphatic hydroxyl groups is 2. The number of hydrogen-bond acceptors (Lipinski definition) is 6. The van der Waals surface area contributed by atoms with Crippen LogP contribution in [0.2, 0.25) is 0 Å². The summed E-state index contributed by atoms with van der Waals surface area (Å²) in [6, 6.07) is 5.92. The van der Waals surface area contributed by atoms with E-state index in [9.17, 15) is 37.8 Å². The number of ether oxygens (including phenoxy) is 1. The first-order chi connectivity index (χ1) is 15.1. The molecule has 2 heterocycles. The summed E-state index contributed by atoms with van der Waals surface area (Å²) in [5.74, 6) is -1.21. The molecule has 0 unspecified atom stereocenters. The molecule has 1 aliphatic heterocycles. The maximum atomic E-state index is 13.5. The first kappa shape index (κ1) is 23.9. The van der Waals surface area contributed by atoms with Crippen molar-refractivity contribution in [2.45, 2.75) is 57.2 Å². The van der Waals surface area contributed by atoms with Crippen molar-refractivity contribution < 1.29 is 32.9 Å². The minimum absolute atomic E-state index is 0.0775. The van der Waals surface area contributed by atoms with Crippen molar-refractivity contribution in [2.24, 2.45) is 0 Å². The SMILES string of the molecule is CCCCc1ccc(C(=O)n2c(=O)c(C(F)(F)F)cn([C@H]3C[C@H](O)[C@@H](CO)O3)c2=O)cc1. The van der Waals surface area contributed by atoms with Gasteiger partial charge >= 0.3 is 11.9 Å². The Balaban J connectivity index is 2.09. The number of benzene rings is 1. The van der Waals surface area contributed by atoms with Crippen molar-refractivity contribution in [3.8, 4) is 0 Å². The number of aromatic nitrogens is 2. The molecule has 8 nitrogen and oxygen atoms in total. The zero-order valence-electron chi connectivity index (χ0n) is 17.2. The molecular weight excluding hydrogens is 433 g/mol. The zero-order valence-corrected chi connectivity index (χ0v) is 17.2. The van der Waals surface area contributed by atoms with Gasteiger partial charge in [-0.1, -0.05) is 25.5 Å². The highest BCUT2D eigenvalue weighted by Crippen LogP contribution is 2.30. The van der Waals surface area contributed by atoms with Gasteiger partial charge in [0.05, 0.1) is 12.7 Å². The second kappa shape index (κ2) is 9.39. The topological polar surface area (TPSA) is 111 Å². The fraction of sp³-hybridized carbons (Fsp3) is 0.476. The average molecular weight is 456 g/mol. The molecule has 174 valence electrons. The van der Waals surface area contributed by atoms with Crippen LogP contribution in [0.3, 0.4) is 0 Å². The van der Waals surface area contributed by atoms with E-state index in [2.05, 4.69) is 0 Å². The molecule has 11 heteroatoms. The van der Waals surface area contributed by atoms with Crippen LogP contribution < -0.4 is 11.2 Å². The van der Waals surface area contributed by atoms with Crippen LogP contribution in [0.15, 0.2) is 40.1 Å². The van der Waals surface area contributed by atoms with Gasteiger partial charge in [-0.05, 0) is 30.5 Å². The van der Waals surface area contributed by atoms with E-state index in [1.165, 1.54) is 12.1 Å². The molecule has 1 aromatic heterocycles. The highest BCUT2D eigenvalue weighted by atomic mass is 19.4. The van der Waals surface area contributed by atoms with Gasteiger partial charge in [-0.2, -0.15) is 17.7 Å². The Labute approximate surface area is 180 Å². The molecule has 1 fully saturated rings. The Kier molecular flexibility index (Phi) is 7.01. The summed E-state index contributed by atoms with van der Waals surface area (Å²) in [4.78, 5) is 38.3. The molecule has 0 bridgehead atoms. The van der Waals surface area contributed by atoms with E-state index in [1.807, 2.05) is 6.92 Å². The van der Waals surface area contributed by atoms with E-state index in [-0.39, 0.29) is 22.7 Å². The Hall–Kier alpha value is -2.76. The van der Waals surface area contributed by atoms with Crippen molar-refractivity contribution >= 4 is 5.91 Å². The van der Waals surface area contributed by atoms with Gasteiger partial charge in [0.2, 0.25) is 0 Å². The molecule has 0 radical (unpaired) electrons. The first-order valence-electron chi connectivity index (χ1n) is 10.1. The standard InChI is InChI=1S/C21H23F3N2O6/c1-2-3-4-12-5-7-13(8-6-12)18(29)26-19(30)14(21(22,23)24)10-25(20(26)31)17-9-15(28)16(11-27)32-17/h5-8,10,15-17,27-28H,2-4,9,11H2,1H3/t15-,16+,17+/m0/s1. The molecule has 1 saturated heterocycles. The van der Waals surface area contributed by atoms with Crippen LogP contribution >= 0.6 is 0 Å². The smallest absolute Gasteiger partial charge is 0.394 e. The quantitative estimate of drug-likeness (QED) is 0.685. The van der Waals surface area contributed by atoms with Crippen molar-refractivity contribution in [2.75, 3.05) is 6.61 Å². The first-order valence-corrected chi connectivity index (χ1v) is 10.1. The van der Waals surface area contributed by atoms with Crippen molar-refractivity contribution in [1.29, 1.82) is 0 Å². The normalized spacial score (nSPS) is 21.1. The Bertz CT molecular complexity index is 1090. The molecule has 0 amide bonds. The third-order valence-corrected chi connectivity index (χ3v) is 5.34. The fourth-order valence-corrected chi connectivity index (χ4v) is 3.53. The molecule has 3 rings (SSSR count). The minimum Gasteiger partial charge on any atom is -0.394 e. The molecular formula is C21H23F3N2O6. The number of hydrogen-bond donors (Lipinski definition) is 2. The van der Waals surface area contributed by atoms with E-state index in [0.29, 0.717) is 4.57 Å². The monoisotopic (exact) mass is 456 g/mol. The van der Waals surface area contributed by atoms with Gasteiger partial charge in [0, 0.05) is 18.2 Å². The lowest BCUT2D eigenvalue weighted by Gasteiger charge is -2.18. The number of nitrogens with zero attached hydrogens (tertiary/aromatic N) is 2. The lowest BCUT2D eigenvalue weighted by atomic mass is 10.1. The largest absolute Gasteiger partial charge is 0.423 e. The second-order valence-electron chi connectivity index (χ2n) is 7.59. The van der Waals surface area contributed by atoms with E-state index in [4.69, 9.17) is 4.74 Å². The van der Waals surface area contributed by atoms with Crippen LogP contribution in [0.25, 0.3) is 0 Å². The van der Waals surface area contributed by atoms with E-state index in [1.54, 1.807) is 12.1 Å². The molecule has 0 spiro atoms. The van der Waals surface area contributed by atoms with Crippen LogP contribution in [0, 0.1) is 0 Å². The highest BCUT2D eigenvalue weighted by Gasteiger charge is 2.40. The number of aliphatic hydroxyl groups excluding tert-OH is 2. The molecule has 3 atom stereocenters. The lowest BCUT2D eigenvalue weighted by molar-refractivity contribution is -0.139. The number of alkyl halides is 3. The second-order valence-corrected chi connectivity index (χ2v) is 7.59. The number of carbonyl (C=O) groups is 1. The van der Waals surface area contributed by atoms with Crippen molar-refractivity contribution in [3.05, 3.63) is 68.0 Å². The van der Waals surface area contributed by atoms with E-state index < -0.39 is 53.9 Å². The van der Waals surface area contributed by atoms with E-state index >= 15 is 0 Å². The van der Waals surface area contributed by atoms with Gasteiger partial charge in [-0.25, -0.2) is 4.79 Å². The molecule has 2 N–H and O–H groups in total. The zero-order chi connectivity index (χ0) is 23.6. The fourth-order valence-electron chi connectivity index (χ4n) is 3.53. The number of rotatable bonds is 6. The third-order valence-electron chi connectivity index (χ3n) is 5.34. The van der Waals surface area contributed by atoms with Gasteiger partial charge in [-0.3, -0.25) is 14.2 Å². The Morgan fingerprint density at radius 2 is 1.88 bits per heavy atom. The van der Waals surface area contributed by atoms with Crippen molar-refractivity contribution in [3.63, 3.8) is 0 Å². The van der Waals surface area contributed by atoms with E-state index in [0.717, 1.165) is 24.8 Å². The molecule has 0 aliphatic carbocycles. The molecule has 1 aromatic carbocycles. The number of aryl methyl sites for hydroxylation is 1. The lowest BCUT2D eigenvalue weighted by Crippen LogP contribution is -2.47. The maximum absolute atomic E-state index is 13.5. The van der Waals surface area contributed by atoms with Gasteiger partial charge in [-0.15, -0.1) is 0 Å².